The van der Waals surface area contributed by atoms with Crippen molar-refractivity contribution in [2.24, 2.45) is 0 Å². The highest BCUT2D eigenvalue weighted by molar-refractivity contribution is 5.69. The van der Waals surface area contributed by atoms with E-state index in [9.17, 15) is 4.79 Å². The lowest BCUT2D eigenvalue weighted by atomic mass is 10.0. The highest BCUT2D eigenvalue weighted by atomic mass is 16.5. The molecule has 1 atom stereocenters. The molecule has 0 saturated carbocycles. The summed E-state index contributed by atoms with van der Waals surface area (Å²) in [6, 6.07) is 0. The van der Waals surface area contributed by atoms with Crippen molar-refractivity contribution in [3.8, 4) is 0 Å². The molecule has 268 valence electrons. The van der Waals surface area contributed by atoms with Crippen molar-refractivity contribution < 1.29 is 9.53 Å². The maximum atomic E-state index is 12.6. The van der Waals surface area contributed by atoms with Crippen LogP contribution in [0.5, 0.6) is 0 Å². The molecular formula is C43H79NO2. The highest BCUT2D eigenvalue weighted by Crippen LogP contribution is 2.18. The molecule has 0 amide bonds. The molecule has 0 aromatic rings. The van der Waals surface area contributed by atoms with Gasteiger partial charge in [-0.25, -0.2) is 0 Å². The Morgan fingerprint density at radius 2 is 0.935 bits per heavy atom. The van der Waals surface area contributed by atoms with E-state index < -0.39 is 0 Å². The fourth-order valence-electron chi connectivity index (χ4n) is 5.69. The number of ether oxygens (including phenoxy) is 1. The molecule has 0 aromatic carbocycles. The van der Waals surface area contributed by atoms with E-state index in [0.717, 1.165) is 45.2 Å². The topological polar surface area (TPSA) is 29.5 Å². The van der Waals surface area contributed by atoms with Gasteiger partial charge in [0, 0.05) is 6.42 Å². The smallest absolute Gasteiger partial charge is 0.306 e. The number of carbonyl (C=O) groups is 1. The standard InChI is InChI=1S/C43H79NO2/c1-5-8-10-12-14-16-18-20-22-24-26-28-30-32-34-36-39-42(46-43(45)40-37-41-44(4)7-3)38-35-33-31-29-27-25-23-21-19-17-15-13-11-9-6-2/h13-16,19-22,42H,5-12,17-18,23-41H2,1-4H3/b15-13+,16-14-,21-19-,22-20-. The zero-order chi connectivity index (χ0) is 33.6. The molecular weight excluding hydrogens is 562 g/mol. The Morgan fingerprint density at radius 3 is 1.39 bits per heavy atom. The van der Waals surface area contributed by atoms with Crippen LogP contribution in [0.2, 0.25) is 0 Å². The van der Waals surface area contributed by atoms with E-state index in [4.69, 9.17) is 4.74 Å². The lowest BCUT2D eigenvalue weighted by molar-refractivity contribution is -0.150. The average molecular weight is 642 g/mol. The Morgan fingerprint density at radius 1 is 0.522 bits per heavy atom. The van der Waals surface area contributed by atoms with Gasteiger partial charge >= 0.3 is 5.97 Å². The second-order valence-electron chi connectivity index (χ2n) is 13.5. The number of esters is 1. The number of carbonyl (C=O) groups excluding carboxylic acids is 1. The average Bonchev–Trinajstić information content (AvgIpc) is 3.06. The first-order valence-corrected chi connectivity index (χ1v) is 20.1. The van der Waals surface area contributed by atoms with Gasteiger partial charge in [0.25, 0.3) is 0 Å². The van der Waals surface area contributed by atoms with E-state index in [1.54, 1.807) is 0 Å². The van der Waals surface area contributed by atoms with Crippen molar-refractivity contribution in [1.82, 2.24) is 4.90 Å². The molecule has 0 spiro atoms. The van der Waals surface area contributed by atoms with Gasteiger partial charge in [0.1, 0.15) is 6.10 Å². The molecule has 0 aliphatic heterocycles. The Balaban J connectivity index is 4.08. The van der Waals surface area contributed by atoms with E-state index in [0.29, 0.717) is 6.42 Å². The number of unbranched alkanes of at least 4 members (excludes halogenated alkanes) is 17. The van der Waals surface area contributed by atoms with Gasteiger partial charge in [-0.1, -0.05) is 146 Å². The van der Waals surface area contributed by atoms with Crippen molar-refractivity contribution in [3.63, 3.8) is 0 Å². The monoisotopic (exact) mass is 642 g/mol. The predicted octanol–water partition coefficient (Wildman–Crippen LogP) is 13.6. The van der Waals surface area contributed by atoms with E-state index in [-0.39, 0.29) is 12.1 Å². The third kappa shape index (κ3) is 35.2. The van der Waals surface area contributed by atoms with Gasteiger partial charge in [-0.3, -0.25) is 4.79 Å². The first kappa shape index (κ1) is 44.4. The minimum absolute atomic E-state index is 0.0130. The van der Waals surface area contributed by atoms with Gasteiger partial charge in [-0.15, -0.1) is 0 Å². The molecule has 0 fully saturated rings. The minimum atomic E-state index is 0.0130. The molecule has 0 heterocycles. The number of rotatable bonds is 35. The summed E-state index contributed by atoms with van der Waals surface area (Å²) in [4.78, 5) is 14.9. The van der Waals surface area contributed by atoms with Gasteiger partial charge in [-0.2, -0.15) is 0 Å². The second kappa shape index (κ2) is 37.8. The predicted molar refractivity (Wildman–Crippen MR) is 206 cm³/mol. The molecule has 0 rings (SSSR count). The first-order chi connectivity index (χ1) is 22.6. The Hall–Kier alpha value is -1.61. The van der Waals surface area contributed by atoms with Crippen LogP contribution in [0.4, 0.5) is 0 Å². The summed E-state index contributed by atoms with van der Waals surface area (Å²) in [6.07, 6.45) is 51.3. The van der Waals surface area contributed by atoms with E-state index in [2.05, 4.69) is 81.3 Å². The minimum Gasteiger partial charge on any atom is -0.462 e. The van der Waals surface area contributed by atoms with Crippen LogP contribution in [0.25, 0.3) is 0 Å². The second-order valence-corrected chi connectivity index (χ2v) is 13.5. The van der Waals surface area contributed by atoms with Crippen molar-refractivity contribution >= 4 is 5.97 Å². The Labute approximate surface area is 288 Å². The van der Waals surface area contributed by atoms with Crippen LogP contribution in [0.1, 0.15) is 194 Å². The first-order valence-electron chi connectivity index (χ1n) is 20.1. The largest absolute Gasteiger partial charge is 0.462 e. The van der Waals surface area contributed by atoms with Crippen LogP contribution in [0.15, 0.2) is 48.6 Å². The van der Waals surface area contributed by atoms with Crippen molar-refractivity contribution in [3.05, 3.63) is 48.6 Å². The molecule has 0 aliphatic rings. The zero-order valence-electron chi connectivity index (χ0n) is 31.5. The third-order valence-corrected chi connectivity index (χ3v) is 8.96. The van der Waals surface area contributed by atoms with Crippen LogP contribution in [-0.4, -0.2) is 37.1 Å². The van der Waals surface area contributed by atoms with E-state index >= 15 is 0 Å². The molecule has 0 N–H and O–H groups in total. The molecule has 0 bridgehead atoms. The number of hydrogen-bond acceptors (Lipinski definition) is 3. The molecule has 1 unspecified atom stereocenters. The molecule has 0 aromatic heterocycles. The lowest BCUT2D eigenvalue weighted by Crippen LogP contribution is -2.22. The highest BCUT2D eigenvalue weighted by Gasteiger charge is 2.14. The van der Waals surface area contributed by atoms with Gasteiger partial charge in [0.2, 0.25) is 0 Å². The SMILES string of the molecule is CCCC/C=C/C/C=C\CCCCCCCCC(CCCCCCCC/C=C\C/C=C\CCCCC)OC(=O)CCCN(C)CC. The third-order valence-electron chi connectivity index (χ3n) is 8.96. The van der Waals surface area contributed by atoms with Gasteiger partial charge in [0.05, 0.1) is 0 Å². The lowest BCUT2D eigenvalue weighted by Gasteiger charge is -2.19. The quantitative estimate of drug-likeness (QED) is 0.0392. The molecule has 46 heavy (non-hydrogen) atoms. The molecule has 3 nitrogen and oxygen atoms in total. The number of nitrogens with zero attached hydrogens (tertiary/aromatic N) is 1. The zero-order valence-corrected chi connectivity index (χ0v) is 31.5. The summed E-state index contributed by atoms with van der Waals surface area (Å²) >= 11 is 0. The van der Waals surface area contributed by atoms with Crippen LogP contribution < -0.4 is 0 Å². The maximum absolute atomic E-state index is 12.6. The summed E-state index contributed by atoms with van der Waals surface area (Å²) in [5.41, 5.74) is 0. The number of allylic oxidation sites excluding steroid dienone is 8. The van der Waals surface area contributed by atoms with Gasteiger partial charge < -0.3 is 9.64 Å². The summed E-state index contributed by atoms with van der Waals surface area (Å²) in [5.74, 6) is 0.0130. The molecule has 3 heteroatoms. The summed E-state index contributed by atoms with van der Waals surface area (Å²) in [5, 5.41) is 0. The van der Waals surface area contributed by atoms with Crippen molar-refractivity contribution in [1.29, 1.82) is 0 Å². The summed E-state index contributed by atoms with van der Waals surface area (Å²) in [6.45, 7) is 8.66. The van der Waals surface area contributed by atoms with E-state index in [1.165, 1.54) is 135 Å². The summed E-state index contributed by atoms with van der Waals surface area (Å²) in [7, 11) is 2.12. The molecule has 0 radical (unpaired) electrons. The van der Waals surface area contributed by atoms with Gasteiger partial charge in [-0.05, 0) is 110 Å². The fourth-order valence-corrected chi connectivity index (χ4v) is 5.69. The van der Waals surface area contributed by atoms with E-state index in [1.807, 2.05) is 0 Å². The Bertz CT molecular complexity index is 737. The summed E-state index contributed by atoms with van der Waals surface area (Å²) < 4.78 is 6.03. The van der Waals surface area contributed by atoms with Crippen LogP contribution in [0, 0.1) is 0 Å². The maximum Gasteiger partial charge on any atom is 0.306 e. The molecule has 0 aliphatic carbocycles. The van der Waals surface area contributed by atoms with Crippen LogP contribution in [0.3, 0.4) is 0 Å². The van der Waals surface area contributed by atoms with Crippen LogP contribution in [-0.2, 0) is 9.53 Å². The van der Waals surface area contributed by atoms with Gasteiger partial charge in [0.15, 0.2) is 0 Å². The fraction of sp³-hybridized carbons (Fsp3) is 0.791. The molecule has 0 saturated heterocycles. The van der Waals surface area contributed by atoms with Crippen molar-refractivity contribution in [2.45, 2.75) is 200 Å². The Kier molecular flexibility index (Phi) is 36.5. The normalized spacial score (nSPS) is 13.0. The number of hydrogen-bond donors (Lipinski definition) is 0. The van der Waals surface area contributed by atoms with Crippen molar-refractivity contribution in [2.75, 3.05) is 20.1 Å². The van der Waals surface area contributed by atoms with Crippen LogP contribution >= 0.6 is 0 Å².